The monoisotopic (exact) mass is 443 g/mol. The van der Waals surface area contributed by atoms with Crippen LogP contribution in [0.3, 0.4) is 0 Å². The minimum Gasteiger partial charge on any atom is -0.507 e. The molecule has 0 fully saturated rings. The number of hydrogen-bond donors (Lipinski definition) is 2. The molecule has 0 bridgehead atoms. The van der Waals surface area contributed by atoms with Gasteiger partial charge in [0.25, 0.3) is 0 Å². The Morgan fingerprint density at radius 1 is 0.879 bits per heavy atom. The molecule has 1 heterocycles. The molecule has 7 heteroatoms. The molecule has 3 N–H and O–H groups in total. The van der Waals surface area contributed by atoms with E-state index in [1.165, 1.54) is 5.56 Å². The van der Waals surface area contributed by atoms with Gasteiger partial charge in [0.15, 0.2) is 5.75 Å². The van der Waals surface area contributed by atoms with E-state index in [9.17, 15) is 5.11 Å². The SMILES string of the molecule is COc1cccc(Oc2c(C)nc(N)nc2-c2ccc(OCc3ccc(C)cc3)cc2O)c1. The Balaban J connectivity index is 1.63. The Morgan fingerprint density at radius 2 is 1.64 bits per heavy atom. The average molecular weight is 444 g/mol. The molecule has 0 aliphatic carbocycles. The minimum atomic E-state index is -0.00982. The summed E-state index contributed by atoms with van der Waals surface area (Å²) in [7, 11) is 1.59. The van der Waals surface area contributed by atoms with Crippen LogP contribution in [0.15, 0.2) is 66.7 Å². The van der Waals surface area contributed by atoms with Gasteiger partial charge in [-0.3, -0.25) is 0 Å². The van der Waals surface area contributed by atoms with Crippen molar-refractivity contribution in [2.24, 2.45) is 0 Å². The summed E-state index contributed by atoms with van der Waals surface area (Å²) in [5.41, 5.74) is 9.50. The normalized spacial score (nSPS) is 10.6. The van der Waals surface area contributed by atoms with Crippen molar-refractivity contribution >= 4 is 5.95 Å². The number of hydrogen-bond acceptors (Lipinski definition) is 7. The van der Waals surface area contributed by atoms with Crippen molar-refractivity contribution in [2.75, 3.05) is 12.8 Å². The smallest absolute Gasteiger partial charge is 0.221 e. The lowest BCUT2D eigenvalue weighted by Crippen LogP contribution is -2.03. The van der Waals surface area contributed by atoms with Crippen molar-refractivity contribution < 1.29 is 19.3 Å². The van der Waals surface area contributed by atoms with Crippen molar-refractivity contribution in [3.63, 3.8) is 0 Å². The first-order valence-electron chi connectivity index (χ1n) is 10.4. The predicted molar refractivity (Wildman–Crippen MR) is 127 cm³/mol. The number of nitrogens with zero attached hydrogens (tertiary/aromatic N) is 2. The first kappa shape index (κ1) is 22.0. The highest BCUT2D eigenvalue weighted by atomic mass is 16.5. The number of phenols is 1. The second-order valence-electron chi connectivity index (χ2n) is 7.58. The lowest BCUT2D eigenvalue weighted by molar-refractivity contribution is 0.304. The van der Waals surface area contributed by atoms with Gasteiger partial charge in [0.1, 0.15) is 35.3 Å². The summed E-state index contributed by atoms with van der Waals surface area (Å²) >= 11 is 0. The summed E-state index contributed by atoms with van der Waals surface area (Å²) in [5.74, 6) is 2.20. The highest BCUT2D eigenvalue weighted by Crippen LogP contribution is 2.40. The molecule has 7 nitrogen and oxygen atoms in total. The summed E-state index contributed by atoms with van der Waals surface area (Å²) in [6.07, 6.45) is 0. The second kappa shape index (κ2) is 9.48. The summed E-state index contributed by atoms with van der Waals surface area (Å²) < 4.78 is 17.2. The molecule has 0 aliphatic rings. The molecule has 0 saturated carbocycles. The zero-order chi connectivity index (χ0) is 23.4. The van der Waals surface area contributed by atoms with Gasteiger partial charge in [0, 0.05) is 17.7 Å². The predicted octanol–water partition coefficient (Wildman–Crippen LogP) is 5.43. The molecule has 4 aromatic rings. The highest BCUT2D eigenvalue weighted by Gasteiger charge is 2.19. The van der Waals surface area contributed by atoms with E-state index in [-0.39, 0.29) is 11.7 Å². The van der Waals surface area contributed by atoms with Crippen molar-refractivity contribution in [1.29, 1.82) is 0 Å². The number of nitrogens with two attached hydrogens (primary N) is 1. The van der Waals surface area contributed by atoms with Gasteiger partial charge in [-0.1, -0.05) is 35.9 Å². The fourth-order valence-corrected chi connectivity index (χ4v) is 3.32. The van der Waals surface area contributed by atoms with Crippen LogP contribution >= 0.6 is 0 Å². The van der Waals surface area contributed by atoms with Crippen LogP contribution in [-0.2, 0) is 6.61 Å². The van der Waals surface area contributed by atoms with Gasteiger partial charge in [0.2, 0.25) is 5.95 Å². The van der Waals surface area contributed by atoms with Gasteiger partial charge >= 0.3 is 0 Å². The molecule has 0 radical (unpaired) electrons. The molecule has 168 valence electrons. The van der Waals surface area contributed by atoms with Crippen LogP contribution in [0.25, 0.3) is 11.3 Å². The first-order valence-corrected chi connectivity index (χ1v) is 10.4. The topological polar surface area (TPSA) is 99.7 Å². The van der Waals surface area contributed by atoms with Gasteiger partial charge in [0.05, 0.1) is 12.8 Å². The van der Waals surface area contributed by atoms with E-state index in [2.05, 4.69) is 9.97 Å². The second-order valence-corrected chi connectivity index (χ2v) is 7.58. The summed E-state index contributed by atoms with van der Waals surface area (Å²) in [6, 6.07) is 20.3. The molecule has 33 heavy (non-hydrogen) atoms. The maximum absolute atomic E-state index is 10.8. The van der Waals surface area contributed by atoms with E-state index in [1.807, 2.05) is 43.3 Å². The van der Waals surface area contributed by atoms with Gasteiger partial charge in [-0.05, 0) is 43.7 Å². The molecule has 0 aliphatic heterocycles. The van der Waals surface area contributed by atoms with Crippen molar-refractivity contribution in [1.82, 2.24) is 9.97 Å². The van der Waals surface area contributed by atoms with E-state index in [0.29, 0.717) is 46.6 Å². The summed E-state index contributed by atoms with van der Waals surface area (Å²) in [6.45, 7) is 4.20. The van der Waals surface area contributed by atoms with Gasteiger partial charge in [-0.2, -0.15) is 0 Å². The number of ether oxygens (including phenoxy) is 3. The number of aromatic nitrogens is 2. The molecule has 4 rings (SSSR count). The molecular formula is C26H25N3O4. The van der Waals surface area contributed by atoms with Crippen molar-refractivity contribution in [3.05, 3.63) is 83.6 Å². The maximum Gasteiger partial charge on any atom is 0.221 e. The zero-order valence-electron chi connectivity index (χ0n) is 18.7. The molecule has 0 spiro atoms. The quantitative estimate of drug-likeness (QED) is 0.393. The standard InChI is InChI=1S/C26H25N3O4/c1-16-7-9-18(10-8-16)15-32-20-11-12-22(23(30)14-20)24-25(17(2)28-26(27)29-24)33-21-6-4-5-19(13-21)31-3/h4-14,30H,15H2,1-3H3,(H2,27,28,29). The molecular weight excluding hydrogens is 418 g/mol. The third kappa shape index (κ3) is 5.15. The third-order valence-corrected chi connectivity index (χ3v) is 5.06. The van der Waals surface area contributed by atoms with Crippen LogP contribution in [0.2, 0.25) is 0 Å². The fraction of sp³-hybridized carbons (Fsp3) is 0.154. The molecule has 3 aromatic carbocycles. The van der Waals surface area contributed by atoms with Gasteiger partial charge < -0.3 is 25.1 Å². The van der Waals surface area contributed by atoms with E-state index in [1.54, 1.807) is 44.4 Å². The van der Waals surface area contributed by atoms with E-state index in [4.69, 9.17) is 19.9 Å². The van der Waals surface area contributed by atoms with Crippen molar-refractivity contribution in [2.45, 2.75) is 20.5 Å². The van der Waals surface area contributed by atoms with Crippen LogP contribution in [-0.4, -0.2) is 22.2 Å². The van der Waals surface area contributed by atoms with E-state index >= 15 is 0 Å². The number of aromatic hydroxyl groups is 1. The number of methoxy groups -OCH3 is 1. The lowest BCUT2D eigenvalue weighted by Gasteiger charge is -2.15. The van der Waals surface area contributed by atoms with Crippen molar-refractivity contribution in [3.8, 4) is 40.0 Å². The Morgan fingerprint density at radius 3 is 2.36 bits per heavy atom. The van der Waals surface area contributed by atoms with Gasteiger partial charge in [-0.25, -0.2) is 9.97 Å². The first-order chi connectivity index (χ1) is 15.9. The van der Waals surface area contributed by atoms with Crippen LogP contribution in [0, 0.1) is 13.8 Å². The van der Waals surface area contributed by atoms with Crippen LogP contribution in [0.1, 0.15) is 16.8 Å². The molecule has 0 amide bonds. The molecule has 0 atom stereocenters. The van der Waals surface area contributed by atoms with Crippen LogP contribution < -0.4 is 19.9 Å². The largest absolute Gasteiger partial charge is 0.507 e. The molecule has 0 unspecified atom stereocenters. The maximum atomic E-state index is 10.8. The number of nitrogen functional groups attached to an aromatic ring is 1. The number of benzene rings is 3. The van der Waals surface area contributed by atoms with E-state index < -0.39 is 0 Å². The number of anilines is 1. The van der Waals surface area contributed by atoms with Crippen LogP contribution in [0.4, 0.5) is 5.95 Å². The van der Waals surface area contributed by atoms with Crippen LogP contribution in [0.5, 0.6) is 28.7 Å². The Hall–Kier alpha value is -4.26. The fourth-order valence-electron chi connectivity index (χ4n) is 3.32. The number of phenolic OH excluding ortho intramolecular Hbond substituents is 1. The summed E-state index contributed by atoms with van der Waals surface area (Å²) in [4.78, 5) is 8.56. The number of aryl methyl sites for hydroxylation is 2. The number of rotatable bonds is 7. The third-order valence-electron chi connectivity index (χ3n) is 5.06. The molecule has 1 aromatic heterocycles. The Labute approximate surface area is 192 Å². The molecule has 0 saturated heterocycles. The zero-order valence-corrected chi connectivity index (χ0v) is 18.7. The summed E-state index contributed by atoms with van der Waals surface area (Å²) in [5, 5.41) is 10.8. The average Bonchev–Trinajstić information content (AvgIpc) is 2.80. The van der Waals surface area contributed by atoms with E-state index in [0.717, 1.165) is 5.56 Å². The lowest BCUT2D eigenvalue weighted by atomic mass is 10.1. The Bertz CT molecular complexity index is 1270. The van der Waals surface area contributed by atoms with Gasteiger partial charge in [-0.15, -0.1) is 0 Å². The highest BCUT2D eigenvalue weighted by molar-refractivity contribution is 5.75. The Kier molecular flexibility index (Phi) is 6.31. The minimum absolute atomic E-state index is 0.00982.